The smallest absolute Gasteiger partial charge is 0.168 e. The van der Waals surface area contributed by atoms with Gasteiger partial charge in [0.1, 0.15) is 11.6 Å². The molecular weight excluding hydrogens is 332 g/mol. The van der Waals surface area contributed by atoms with E-state index in [1.165, 1.54) is 5.56 Å². The summed E-state index contributed by atoms with van der Waals surface area (Å²) < 4.78 is 7.42. The maximum absolute atomic E-state index is 5.49. The zero-order valence-electron chi connectivity index (χ0n) is 14.2. The largest absolute Gasteiger partial charge is 0.494 e. The highest BCUT2D eigenvalue weighted by Crippen LogP contribution is 2.34. The van der Waals surface area contributed by atoms with Gasteiger partial charge >= 0.3 is 0 Å². The van der Waals surface area contributed by atoms with Gasteiger partial charge in [0.15, 0.2) is 5.50 Å². The van der Waals surface area contributed by atoms with Crippen LogP contribution >= 0.6 is 11.9 Å². The van der Waals surface area contributed by atoms with E-state index in [0.29, 0.717) is 6.61 Å². The van der Waals surface area contributed by atoms with Crippen LogP contribution in [0.3, 0.4) is 0 Å². The second kappa shape index (κ2) is 6.72. The normalized spacial score (nSPS) is 15.5. The number of nitrogens with one attached hydrogen (secondary N) is 2. The summed E-state index contributed by atoms with van der Waals surface area (Å²) in [6, 6.07) is 18.4. The Kier molecular flexibility index (Phi) is 4.28. The van der Waals surface area contributed by atoms with Gasteiger partial charge < -0.3 is 15.4 Å². The van der Waals surface area contributed by atoms with E-state index in [9.17, 15) is 0 Å². The molecule has 25 heavy (non-hydrogen) atoms. The molecule has 3 aromatic rings. The van der Waals surface area contributed by atoms with Crippen molar-refractivity contribution in [2.45, 2.75) is 19.3 Å². The first-order chi connectivity index (χ1) is 12.2. The molecule has 1 unspecified atom stereocenters. The van der Waals surface area contributed by atoms with Crippen molar-refractivity contribution in [1.29, 1.82) is 0 Å². The molecule has 4 rings (SSSR count). The fourth-order valence-electron chi connectivity index (χ4n) is 2.77. The summed E-state index contributed by atoms with van der Waals surface area (Å²) in [6.07, 6.45) is 0. The molecule has 0 bridgehead atoms. The third-order valence-electron chi connectivity index (χ3n) is 4.06. The maximum atomic E-state index is 5.49. The molecule has 1 atom stereocenters. The number of para-hydroxylation sites is 1. The topological polar surface area (TPSA) is 51.1 Å². The molecule has 0 fully saturated rings. The van der Waals surface area contributed by atoms with Crippen LogP contribution in [0.25, 0.3) is 11.3 Å². The average Bonchev–Trinajstić information content (AvgIpc) is 3.16. The summed E-state index contributed by atoms with van der Waals surface area (Å²) >= 11 is 1.63. The summed E-state index contributed by atoms with van der Waals surface area (Å²) in [5.41, 5.74) is 4.45. The van der Waals surface area contributed by atoms with Gasteiger partial charge in [-0.15, -0.1) is 0 Å². The molecule has 0 saturated heterocycles. The molecule has 0 amide bonds. The van der Waals surface area contributed by atoms with Gasteiger partial charge in [-0.1, -0.05) is 18.2 Å². The highest BCUT2D eigenvalue weighted by atomic mass is 32.2. The molecule has 1 aliphatic rings. The molecular formula is C19H20N4OS. The second-order valence-electron chi connectivity index (χ2n) is 5.83. The van der Waals surface area contributed by atoms with E-state index in [-0.39, 0.29) is 5.50 Å². The summed E-state index contributed by atoms with van der Waals surface area (Å²) in [5.74, 6) is 1.88. The summed E-state index contributed by atoms with van der Waals surface area (Å²) in [5, 5.41) is 11.6. The van der Waals surface area contributed by atoms with E-state index in [1.807, 2.05) is 47.4 Å². The van der Waals surface area contributed by atoms with Gasteiger partial charge in [0.2, 0.25) is 0 Å². The first-order valence-electron chi connectivity index (χ1n) is 8.32. The van der Waals surface area contributed by atoms with Crippen molar-refractivity contribution >= 4 is 23.5 Å². The maximum Gasteiger partial charge on any atom is 0.168 e. The zero-order chi connectivity index (χ0) is 17.2. The molecule has 0 saturated carbocycles. The number of hydrogen-bond donors (Lipinski definition) is 2. The minimum absolute atomic E-state index is 0.0676. The summed E-state index contributed by atoms with van der Waals surface area (Å²) in [4.78, 5) is 0. The second-order valence-corrected chi connectivity index (χ2v) is 6.86. The van der Waals surface area contributed by atoms with Gasteiger partial charge in [-0.25, -0.2) is 0 Å². The zero-order valence-corrected chi connectivity index (χ0v) is 15.0. The lowest BCUT2D eigenvalue weighted by atomic mass is 10.1. The molecule has 128 valence electrons. The SMILES string of the molecule is CCOc1ccc(-c2cc3n(n2)SC(Nc2ccccc2C)N3)cc1. The Morgan fingerprint density at radius 2 is 2.00 bits per heavy atom. The van der Waals surface area contributed by atoms with Crippen LogP contribution in [-0.2, 0) is 0 Å². The number of benzene rings is 2. The van der Waals surface area contributed by atoms with E-state index in [4.69, 9.17) is 4.74 Å². The molecule has 0 radical (unpaired) electrons. The van der Waals surface area contributed by atoms with Crippen molar-refractivity contribution in [3.8, 4) is 17.0 Å². The lowest BCUT2D eigenvalue weighted by molar-refractivity contribution is 0.340. The van der Waals surface area contributed by atoms with Gasteiger partial charge in [0.05, 0.1) is 12.3 Å². The Hall–Kier alpha value is -2.60. The summed E-state index contributed by atoms with van der Waals surface area (Å²) in [6.45, 7) is 4.76. The van der Waals surface area contributed by atoms with Crippen LogP contribution in [0.4, 0.5) is 11.5 Å². The number of ether oxygens (including phenoxy) is 1. The van der Waals surface area contributed by atoms with E-state index in [1.54, 1.807) is 11.9 Å². The van der Waals surface area contributed by atoms with Crippen LogP contribution in [0.1, 0.15) is 12.5 Å². The predicted molar refractivity (Wildman–Crippen MR) is 104 cm³/mol. The van der Waals surface area contributed by atoms with Gasteiger partial charge in [-0.3, -0.25) is 0 Å². The lowest BCUT2D eigenvalue weighted by Gasteiger charge is -2.15. The highest BCUT2D eigenvalue weighted by Gasteiger charge is 2.24. The van der Waals surface area contributed by atoms with E-state index in [2.05, 4.69) is 40.9 Å². The van der Waals surface area contributed by atoms with Crippen LogP contribution in [0.2, 0.25) is 0 Å². The molecule has 0 aliphatic carbocycles. The Morgan fingerprint density at radius 3 is 2.72 bits per heavy atom. The molecule has 2 N–H and O–H groups in total. The predicted octanol–water partition coefficient (Wildman–Crippen LogP) is 4.57. The first kappa shape index (κ1) is 15.9. The Bertz CT molecular complexity index is 852. The third kappa shape index (κ3) is 3.30. The van der Waals surface area contributed by atoms with Gasteiger partial charge in [0, 0.05) is 29.3 Å². The van der Waals surface area contributed by atoms with E-state index < -0.39 is 0 Å². The van der Waals surface area contributed by atoms with Crippen molar-refractivity contribution < 1.29 is 4.74 Å². The third-order valence-corrected chi connectivity index (χ3v) is 4.98. The van der Waals surface area contributed by atoms with Crippen molar-refractivity contribution in [2.75, 3.05) is 17.2 Å². The minimum Gasteiger partial charge on any atom is -0.494 e. The number of anilines is 2. The van der Waals surface area contributed by atoms with Gasteiger partial charge in [-0.05, 0) is 49.7 Å². The van der Waals surface area contributed by atoms with Crippen LogP contribution in [0.15, 0.2) is 54.6 Å². The van der Waals surface area contributed by atoms with Crippen molar-refractivity contribution in [3.63, 3.8) is 0 Å². The Balaban J connectivity index is 1.46. The van der Waals surface area contributed by atoms with Gasteiger partial charge in [0.25, 0.3) is 0 Å². The number of nitrogens with zero attached hydrogens (tertiary/aromatic N) is 2. The number of aryl methyl sites for hydroxylation is 1. The number of fused-ring (bicyclic) bond motifs is 1. The van der Waals surface area contributed by atoms with Crippen LogP contribution in [0.5, 0.6) is 5.75 Å². The molecule has 2 heterocycles. The minimum atomic E-state index is 0.0676. The number of hydrogen-bond acceptors (Lipinski definition) is 5. The fraction of sp³-hybridized carbons (Fsp3) is 0.211. The number of rotatable bonds is 5. The van der Waals surface area contributed by atoms with Crippen molar-refractivity contribution in [1.82, 2.24) is 9.19 Å². The quantitative estimate of drug-likeness (QED) is 0.704. The summed E-state index contributed by atoms with van der Waals surface area (Å²) in [7, 11) is 0. The van der Waals surface area contributed by atoms with E-state index >= 15 is 0 Å². The molecule has 0 spiro atoms. The molecule has 1 aliphatic heterocycles. The molecule has 1 aromatic heterocycles. The Labute approximate surface area is 151 Å². The first-order valence-corrected chi connectivity index (χ1v) is 9.16. The average molecular weight is 352 g/mol. The van der Waals surface area contributed by atoms with Crippen LogP contribution in [-0.4, -0.2) is 21.3 Å². The van der Waals surface area contributed by atoms with Crippen LogP contribution < -0.4 is 15.4 Å². The van der Waals surface area contributed by atoms with Crippen molar-refractivity contribution in [3.05, 3.63) is 60.2 Å². The Morgan fingerprint density at radius 1 is 1.20 bits per heavy atom. The molecule has 2 aromatic carbocycles. The lowest BCUT2D eigenvalue weighted by Crippen LogP contribution is -2.21. The molecule has 6 heteroatoms. The van der Waals surface area contributed by atoms with Crippen molar-refractivity contribution in [2.24, 2.45) is 0 Å². The standard InChI is InChI=1S/C19H20N4OS/c1-3-24-15-10-8-14(9-11-15)17-12-18-21-19(25-23(18)22-17)20-16-7-5-4-6-13(16)2/h4-12,19-21H,3H2,1-2H3. The fourth-order valence-corrected chi connectivity index (χ4v) is 3.68. The van der Waals surface area contributed by atoms with Crippen LogP contribution in [0, 0.1) is 6.92 Å². The highest BCUT2D eigenvalue weighted by molar-refractivity contribution is 7.98. The molecule has 5 nitrogen and oxygen atoms in total. The van der Waals surface area contributed by atoms with E-state index in [0.717, 1.165) is 28.5 Å². The number of aromatic nitrogens is 2. The van der Waals surface area contributed by atoms with Gasteiger partial charge in [-0.2, -0.15) is 9.19 Å². The monoisotopic (exact) mass is 352 g/mol.